The Morgan fingerprint density at radius 3 is 2.25 bits per heavy atom. The molecule has 74 valence electrons. The van der Waals surface area contributed by atoms with Crippen LogP contribution >= 0.6 is 0 Å². The molecule has 0 radical (unpaired) electrons. The van der Waals surface area contributed by atoms with Crippen molar-refractivity contribution in [2.24, 2.45) is 17.1 Å². The molecule has 1 atom stereocenters. The number of hydrogen-bond acceptors (Lipinski definition) is 2. The molecular weight excluding hydrogens is 148 g/mol. The second-order valence-electron chi connectivity index (χ2n) is 4.70. The van der Waals surface area contributed by atoms with Crippen molar-refractivity contribution >= 4 is 0 Å². The summed E-state index contributed by atoms with van der Waals surface area (Å²) in [5.41, 5.74) is 5.97. The molecule has 0 aromatic rings. The molecule has 0 aliphatic heterocycles. The summed E-state index contributed by atoms with van der Waals surface area (Å²) in [5.74, 6) is 0.646. The molecule has 0 spiro atoms. The van der Waals surface area contributed by atoms with Gasteiger partial charge in [-0.2, -0.15) is 0 Å². The predicted molar refractivity (Wildman–Crippen MR) is 55.2 cm³/mol. The monoisotopic (exact) mass is 172 g/mol. The van der Waals surface area contributed by atoms with E-state index in [0.717, 1.165) is 19.6 Å². The van der Waals surface area contributed by atoms with Gasteiger partial charge in [-0.3, -0.25) is 0 Å². The van der Waals surface area contributed by atoms with Gasteiger partial charge in [-0.1, -0.05) is 34.1 Å². The fourth-order valence-electron chi connectivity index (χ4n) is 1.05. The molecule has 0 heterocycles. The molecule has 0 aliphatic carbocycles. The van der Waals surface area contributed by atoms with Crippen LogP contribution in [0.4, 0.5) is 0 Å². The number of hydrogen-bond donors (Lipinski definition) is 2. The first kappa shape index (κ1) is 11.9. The van der Waals surface area contributed by atoms with E-state index in [0.29, 0.717) is 11.3 Å². The van der Waals surface area contributed by atoms with Crippen LogP contribution in [0.25, 0.3) is 0 Å². The van der Waals surface area contributed by atoms with Crippen LogP contribution in [0.3, 0.4) is 0 Å². The summed E-state index contributed by atoms with van der Waals surface area (Å²) in [7, 11) is 0. The first-order chi connectivity index (χ1) is 5.49. The molecule has 0 saturated carbocycles. The second kappa shape index (κ2) is 5.55. The minimum absolute atomic E-state index is 0.382. The molecule has 0 fully saturated rings. The van der Waals surface area contributed by atoms with Gasteiger partial charge in [0, 0.05) is 0 Å². The molecule has 12 heavy (non-hydrogen) atoms. The van der Waals surface area contributed by atoms with Crippen LogP contribution < -0.4 is 11.1 Å². The van der Waals surface area contributed by atoms with Crippen LogP contribution in [-0.4, -0.2) is 19.6 Å². The summed E-state index contributed by atoms with van der Waals surface area (Å²) in [6.07, 6.45) is 1.17. The van der Waals surface area contributed by atoms with Crippen LogP contribution in [0, 0.1) is 11.3 Å². The Morgan fingerprint density at radius 1 is 1.33 bits per heavy atom. The molecule has 2 heteroatoms. The summed E-state index contributed by atoms with van der Waals surface area (Å²) in [6.45, 7) is 11.8. The molecule has 0 rings (SSSR count). The fraction of sp³-hybridized carbons (Fsp3) is 1.00. The highest BCUT2D eigenvalue weighted by Gasteiger charge is 2.10. The van der Waals surface area contributed by atoms with E-state index in [9.17, 15) is 0 Å². The lowest BCUT2D eigenvalue weighted by atomic mass is 9.96. The van der Waals surface area contributed by atoms with Gasteiger partial charge < -0.3 is 11.1 Å². The van der Waals surface area contributed by atoms with Crippen LogP contribution in [0.15, 0.2) is 0 Å². The molecule has 0 amide bonds. The smallest absolute Gasteiger partial charge is 0.0000000133 e. The summed E-state index contributed by atoms with van der Waals surface area (Å²) >= 11 is 0. The van der Waals surface area contributed by atoms with Gasteiger partial charge in [0.15, 0.2) is 0 Å². The Labute approximate surface area is 76.9 Å². The molecule has 0 aromatic carbocycles. The van der Waals surface area contributed by atoms with E-state index in [1.165, 1.54) is 6.42 Å². The molecule has 2 nitrogen and oxygen atoms in total. The average Bonchev–Trinajstić information content (AvgIpc) is 1.96. The van der Waals surface area contributed by atoms with E-state index in [1.807, 2.05) is 0 Å². The third-order valence-corrected chi connectivity index (χ3v) is 2.00. The van der Waals surface area contributed by atoms with Crippen LogP contribution in [0.1, 0.15) is 34.1 Å². The highest BCUT2D eigenvalue weighted by Crippen LogP contribution is 2.10. The van der Waals surface area contributed by atoms with Gasteiger partial charge in [-0.25, -0.2) is 0 Å². The maximum absolute atomic E-state index is 5.59. The zero-order valence-corrected chi connectivity index (χ0v) is 8.98. The van der Waals surface area contributed by atoms with Crippen LogP contribution in [0.5, 0.6) is 0 Å². The van der Waals surface area contributed by atoms with Crippen molar-refractivity contribution in [1.29, 1.82) is 0 Å². The topological polar surface area (TPSA) is 38.0 Å². The molecule has 0 bridgehead atoms. The zero-order chi connectivity index (χ0) is 9.61. The number of nitrogens with two attached hydrogens (primary N) is 1. The Hall–Kier alpha value is -0.0800. The standard InChI is InChI=1S/C10H24N2/c1-5-9(6-11)7-12-8-10(2,3)4/h9,12H,5-8,11H2,1-4H3. The molecular formula is C10H24N2. The molecule has 1 unspecified atom stereocenters. The minimum Gasteiger partial charge on any atom is -0.330 e. The van der Waals surface area contributed by atoms with Crippen molar-refractivity contribution in [2.75, 3.05) is 19.6 Å². The Balaban J connectivity index is 3.41. The number of rotatable bonds is 5. The van der Waals surface area contributed by atoms with Crippen molar-refractivity contribution in [3.63, 3.8) is 0 Å². The second-order valence-corrected chi connectivity index (χ2v) is 4.70. The van der Waals surface area contributed by atoms with Gasteiger partial charge in [0.05, 0.1) is 0 Å². The van der Waals surface area contributed by atoms with E-state index >= 15 is 0 Å². The van der Waals surface area contributed by atoms with Gasteiger partial charge >= 0.3 is 0 Å². The van der Waals surface area contributed by atoms with Crippen molar-refractivity contribution < 1.29 is 0 Å². The quantitative estimate of drug-likeness (QED) is 0.661. The SMILES string of the molecule is CCC(CN)CNCC(C)(C)C. The predicted octanol–water partition coefficient (Wildman–Crippen LogP) is 1.61. The van der Waals surface area contributed by atoms with Gasteiger partial charge in [-0.05, 0) is 31.0 Å². The molecule has 0 saturated heterocycles. The highest BCUT2D eigenvalue weighted by molar-refractivity contribution is 4.67. The van der Waals surface area contributed by atoms with E-state index in [1.54, 1.807) is 0 Å². The maximum Gasteiger partial charge on any atom is -0.0000000133 e. The molecule has 0 aromatic heterocycles. The lowest BCUT2D eigenvalue weighted by molar-refractivity contribution is 0.356. The van der Waals surface area contributed by atoms with E-state index in [4.69, 9.17) is 5.73 Å². The van der Waals surface area contributed by atoms with Crippen molar-refractivity contribution in [2.45, 2.75) is 34.1 Å². The Bertz CT molecular complexity index is 101. The van der Waals surface area contributed by atoms with Gasteiger partial charge in [0.1, 0.15) is 0 Å². The van der Waals surface area contributed by atoms with Gasteiger partial charge in [0.25, 0.3) is 0 Å². The normalized spacial score (nSPS) is 14.8. The third-order valence-electron chi connectivity index (χ3n) is 2.00. The van der Waals surface area contributed by atoms with E-state index < -0.39 is 0 Å². The lowest BCUT2D eigenvalue weighted by Gasteiger charge is -2.21. The number of nitrogens with one attached hydrogen (secondary N) is 1. The minimum atomic E-state index is 0.382. The first-order valence-corrected chi connectivity index (χ1v) is 4.90. The zero-order valence-electron chi connectivity index (χ0n) is 8.98. The molecule has 0 aliphatic rings. The summed E-state index contributed by atoms with van der Waals surface area (Å²) < 4.78 is 0. The molecule has 3 N–H and O–H groups in total. The Morgan fingerprint density at radius 2 is 1.92 bits per heavy atom. The fourth-order valence-corrected chi connectivity index (χ4v) is 1.05. The van der Waals surface area contributed by atoms with E-state index in [2.05, 4.69) is 33.0 Å². The average molecular weight is 172 g/mol. The van der Waals surface area contributed by atoms with Gasteiger partial charge in [0.2, 0.25) is 0 Å². The largest absolute Gasteiger partial charge is 0.330 e. The summed E-state index contributed by atoms with van der Waals surface area (Å²) in [5, 5.41) is 3.45. The Kier molecular flexibility index (Phi) is 5.51. The third kappa shape index (κ3) is 6.62. The summed E-state index contributed by atoms with van der Waals surface area (Å²) in [6, 6.07) is 0. The van der Waals surface area contributed by atoms with Crippen LogP contribution in [0.2, 0.25) is 0 Å². The van der Waals surface area contributed by atoms with Crippen molar-refractivity contribution in [3.05, 3.63) is 0 Å². The van der Waals surface area contributed by atoms with Crippen molar-refractivity contribution in [3.8, 4) is 0 Å². The van der Waals surface area contributed by atoms with Crippen LogP contribution in [-0.2, 0) is 0 Å². The highest BCUT2D eigenvalue weighted by atomic mass is 14.9. The van der Waals surface area contributed by atoms with Gasteiger partial charge in [-0.15, -0.1) is 0 Å². The lowest BCUT2D eigenvalue weighted by Crippen LogP contribution is -2.33. The first-order valence-electron chi connectivity index (χ1n) is 4.90. The maximum atomic E-state index is 5.59. The van der Waals surface area contributed by atoms with E-state index in [-0.39, 0.29) is 0 Å². The summed E-state index contributed by atoms with van der Waals surface area (Å²) in [4.78, 5) is 0. The van der Waals surface area contributed by atoms with Crippen molar-refractivity contribution in [1.82, 2.24) is 5.32 Å².